The summed E-state index contributed by atoms with van der Waals surface area (Å²) in [7, 11) is 0. The minimum atomic E-state index is -0.597. The molecule has 31 heavy (non-hydrogen) atoms. The van der Waals surface area contributed by atoms with Gasteiger partial charge in [-0.1, -0.05) is 20.8 Å². The van der Waals surface area contributed by atoms with Crippen molar-refractivity contribution in [2.75, 3.05) is 26.2 Å². The van der Waals surface area contributed by atoms with Gasteiger partial charge in [0.25, 0.3) is 0 Å². The molecule has 0 spiro atoms. The smallest absolute Gasteiger partial charge is 0.407 e. The molecule has 6 atom stereocenters. The van der Waals surface area contributed by atoms with Gasteiger partial charge in [-0.05, 0) is 68.6 Å². The molecule has 7 heteroatoms. The molecule has 1 aliphatic heterocycles. The highest BCUT2D eigenvalue weighted by atomic mass is 16.6. The van der Waals surface area contributed by atoms with Gasteiger partial charge in [-0.2, -0.15) is 0 Å². The van der Waals surface area contributed by atoms with E-state index >= 15 is 0 Å². The van der Waals surface area contributed by atoms with Crippen LogP contribution in [0.4, 0.5) is 4.79 Å². The Kier molecular flexibility index (Phi) is 7.57. The number of aliphatic hydroxyl groups excluding tert-OH is 2. The highest BCUT2D eigenvalue weighted by molar-refractivity contribution is 5.76. The molecule has 0 aromatic heterocycles. The Morgan fingerprint density at radius 3 is 2.42 bits per heavy atom. The summed E-state index contributed by atoms with van der Waals surface area (Å²) < 4.78 is 5.73. The molecular weight excluding hydrogens is 396 g/mol. The average Bonchev–Trinajstić information content (AvgIpc) is 2.73. The third-order valence-corrected chi connectivity index (χ3v) is 8.78. The highest BCUT2D eigenvalue weighted by Crippen LogP contribution is 2.61. The van der Waals surface area contributed by atoms with Crippen molar-refractivity contribution in [3.63, 3.8) is 0 Å². The number of rotatable bonds is 5. The number of nitrogens with one attached hydrogen (secondary N) is 1. The molecule has 2 saturated carbocycles. The van der Waals surface area contributed by atoms with Gasteiger partial charge in [-0.25, -0.2) is 4.79 Å². The fraction of sp³-hybridized carbons (Fsp3) is 0.917. The molecule has 2 aliphatic carbocycles. The van der Waals surface area contributed by atoms with Crippen LogP contribution in [-0.4, -0.2) is 65.6 Å². The Balaban J connectivity index is 1.78. The molecule has 178 valence electrons. The zero-order valence-corrected chi connectivity index (χ0v) is 19.7. The lowest BCUT2D eigenvalue weighted by Crippen LogP contribution is -2.61. The molecule has 3 aliphatic rings. The van der Waals surface area contributed by atoms with Gasteiger partial charge in [0.15, 0.2) is 0 Å². The summed E-state index contributed by atoms with van der Waals surface area (Å²) in [6.45, 7) is 10.3. The number of likely N-dealkylation sites (tertiary alicyclic amines) is 1. The average molecular weight is 439 g/mol. The molecule has 7 nitrogen and oxygen atoms in total. The number of alkyl carbamates (subject to hydrolysis) is 1. The highest BCUT2D eigenvalue weighted by Gasteiger charge is 2.60. The number of hydrogen-bond donors (Lipinski definition) is 3. The van der Waals surface area contributed by atoms with Crippen molar-refractivity contribution in [3.8, 4) is 0 Å². The van der Waals surface area contributed by atoms with Crippen molar-refractivity contribution in [2.24, 2.45) is 28.6 Å². The summed E-state index contributed by atoms with van der Waals surface area (Å²) in [5.41, 5.74) is -0.880. The van der Waals surface area contributed by atoms with Crippen molar-refractivity contribution in [2.45, 2.75) is 84.8 Å². The summed E-state index contributed by atoms with van der Waals surface area (Å²) in [6.07, 6.45) is 3.86. The largest absolute Gasteiger partial charge is 0.446 e. The molecule has 6 unspecified atom stereocenters. The Morgan fingerprint density at radius 1 is 1.13 bits per heavy atom. The molecule has 3 fully saturated rings. The summed E-state index contributed by atoms with van der Waals surface area (Å²) in [6, 6.07) is 0. The van der Waals surface area contributed by atoms with Crippen LogP contribution in [0.5, 0.6) is 0 Å². The second-order valence-corrected chi connectivity index (χ2v) is 10.7. The summed E-state index contributed by atoms with van der Waals surface area (Å²) in [4.78, 5) is 27.2. The minimum absolute atomic E-state index is 0.0701. The van der Waals surface area contributed by atoms with Crippen LogP contribution in [0.25, 0.3) is 0 Å². The van der Waals surface area contributed by atoms with Crippen LogP contribution in [0.2, 0.25) is 0 Å². The number of piperidine rings is 1. The fourth-order valence-electron chi connectivity index (χ4n) is 6.67. The summed E-state index contributed by atoms with van der Waals surface area (Å²) >= 11 is 0. The van der Waals surface area contributed by atoms with E-state index in [0.717, 1.165) is 38.8 Å². The molecule has 2 amide bonds. The topological polar surface area (TPSA) is 99.1 Å². The lowest BCUT2D eigenvalue weighted by atomic mass is 9.46. The van der Waals surface area contributed by atoms with Crippen molar-refractivity contribution < 1.29 is 24.5 Å². The Hall–Kier alpha value is -1.34. The number of carbonyl (C=O) groups excluding carboxylic acids is 2. The normalized spacial score (nSPS) is 39.0. The van der Waals surface area contributed by atoms with Gasteiger partial charge in [0, 0.05) is 31.5 Å². The molecule has 1 heterocycles. The number of carbonyl (C=O) groups is 2. The molecule has 0 aromatic carbocycles. The van der Waals surface area contributed by atoms with E-state index in [9.17, 15) is 19.8 Å². The molecule has 0 radical (unpaired) electrons. The Bertz CT molecular complexity index is 650. The van der Waals surface area contributed by atoms with E-state index in [1.54, 1.807) is 0 Å². The molecule has 3 rings (SSSR count). The SMILES string of the molecule is CCNC(=O)OC1CCC2(C)C(CC(=O)N3CCC(C)CC3)C(O)CCC2C1(C)CO. The first-order valence-corrected chi connectivity index (χ1v) is 12.2. The van der Waals surface area contributed by atoms with Gasteiger partial charge in [-0.3, -0.25) is 4.79 Å². The van der Waals surface area contributed by atoms with E-state index in [1.807, 2.05) is 18.7 Å². The van der Waals surface area contributed by atoms with Gasteiger partial charge < -0.3 is 25.2 Å². The van der Waals surface area contributed by atoms with E-state index in [2.05, 4.69) is 19.2 Å². The van der Waals surface area contributed by atoms with E-state index in [4.69, 9.17) is 4.74 Å². The van der Waals surface area contributed by atoms with Crippen molar-refractivity contribution >= 4 is 12.0 Å². The summed E-state index contributed by atoms with van der Waals surface area (Å²) in [5.74, 6) is 0.732. The zero-order chi connectivity index (χ0) is 22.8. The van der Waals surface area contributed by atoms with E-state index in [-0.39, 0.29) is 35.9 Å². The maximum Gasteiger partial charge on any atom is 0.407 e. The third kappa shape index (κ3) is 4.72. The first kappa shape index (κ1) is 24.3. The fourth-order valence-corrected chi connectivity index (χ4v) is 6.67. The van der Waals surface area contributed by atoms with Crippen LogP contribution in [0, 0.1) is 28.6 Å². The van der Waals surface area contributed by atoms with E-state index in [0.29, 0.717) is 31.7 Å². The van der Waals surface area contributed by atoms with Gasteiger partial charge in [-0.15, -0.1) is 0 Å². The predicted octanol–water partition coefficient (Wildman–Crippen LogP) is 2.94. The van der Waals surface area contributed by atoms with Crippen LogP contribution >= 0.6 is 0 Å². The second kappa shape index (κ2) is 9.65. The monoisotopic (exact) mass is 438 g/mol. The van der Waals surface area contributed by atoms with Crippen LogP contribution in [-0.2, 0) is 9.53 Å². The number of aliphatic hydroxyl groups is 2. The number of ether oxygens (including phenoxy) is 1. The van der Waals surface area contributed by atoms with Crippen molar-refractivity contribution in [3.05, 3.63) is 0 Å². The summed E-state index contributed by atoms with van der Waals surface area (Å²) in [5, 5.41) is 24.1. The van der Waals surface area contributed by atoms with Crippen LogP contribution in [0.1, 0.15) is 72.6 Å². The molecular formula is C24H42N2O5. The van der Waals surface area contributed by atoms with Crippen molar-refractivity contribution in [1.29, 1.82) is 0 Å². The Morgan fingerprint density at radius 2 is 1.81 bits per heavy atom. The molecule has 3 N–H and O–H groups in total. The van der Waals surface area contributed by atoms with Gasteiger partial charge in [0.2, 0.25) is 5.91 Å². The second-order valence-electron chi connectivity index (χ2n) is 10.7. The van der Waals surface area contributed by atoms with Crippen LogP contribution in [0.15, 0.2) is 0 Å². The maximum atomic E-state index is 13.1. The number of nitrogens with zero attached hydrogens (tertiary/aromatic N) is 1. The maximum absolute atomic E-state index is 13.1. The molecule has 1 saturated heterocycles. The van der Waals surface area contributed by atoms with E-state index in [1.165, 1.54) is 0 Å². The van der Waals surface area contributed by atoms with Crippen LogP contribution in [0.3, 0.4) is 0 Å². The standard InChI is InChI=1S/C24H42N2O5/c1-5-25-22(30)31-20-8-11-23(3)17(14-21(29)26-12-9-16(2)10-13-26)18(28)6-7-19(23)24(20,4)15-27/h16-20,27-28H,5-15H2,1-4H3,(H,25,30). The van der Waals surface area contributed by atoms with E-state index < -0.39 is 17.6 Å². The zero-order valence-electron chi connectivity index (χ0n) is 19.7. The van der Waals surface area contributed by atoms with Gasteiger partial charge in [0.1, 0.15) is 6.10 Å². The quantitative estimate of drug-likeness (QED) is 0.613. The lowest BCUT2D eigenvalue weighted by Gasteiger charge is -2.60. The van der Waals surface area contributed by atoms with Gasteiger partial charge in [0.05, 0.1) is 12.7 Å². The molecule has 0 bridgehead atoms. The predicted molar refractivity (Wildman–Crippen MR) is 118 cm³/mol. The third-order valence-electron chi connectivity index (χ3n) is 8.78. The Labute approximate surface area is 186 Å². The van der Waals surface area contributed by atoms with Crippen molar-refractivity contribution in [1.82, 2.24) is 10.2 Å². The first-order chi connectivity index (χ1) is 14.7. The lowest BCUT2D eigenvalue weighted by molar-refractivity contribution is -0.187. The number of amides is 2. The number of hydrogen-bond acceptors (Lipinski definition) is 5. The number of fused-ring (bicyclic) bond motifs is 1. The first-order valence-electron chi connectivity index (χ1n) is 12.2. The van der Waals surface area contributed by atoms with Crippen LogP contribution < -0.4 is 5.32 Å². The molecule has 0 aromatic rings. The van der Waals surface area contributed by atoms with Gasteiger partial charge >= 0.3 is 6.09 Å². The minimum Gasteiger partial charge on any atom is -0.446 e.